The second kappa shape index (κ2) is 4.74. The molecule has 2 rings (SSSR count). The van der Waals surface area contributed by atoms with E-state index in [4.69, 9.17) is 4.74 Å². The molecule has 0 spiro atoms. The van der Waals surface area contributed by atoms with E-state index in [0.717, 1.165) is 19.7 Å². The Labute approximate surface area is 82.9 Å². The zero-order chi connectivity index (χ0) is 8.93. The van der Waals surface area contributed by atoms with Crippen molar-refractivity contribution in [3.8, 4) is 0 Å². The first-order valence-electron chi connectivity index (χ1n) is 4.89. The molecule has 0 radical (unpaired) electrons. The lowest BCUT2D eigenvalue weighted by atomic mass is 10.2. The van der Waals surface area contributed by atoms with E-state index >= 15 is 0 Å². The molecule has 2 N–H and O–H groups in total. The van der Waals surface area contributed by atoms with Crippen molar-refractivity contribution in [2.24, 2.45) is 0 Å². The van der Waals surface area contributed by atoms with E-state index in [9.17, 15) is 0 Å². The number of thiophene rings is 1. The van der Waals surface area contributed by atoms with Crippen LogP contribution in [0.2, 0.25) is 0 Å². The van der Waals surface area contributed by atoms with E-state index in [1.165, 1.54) is 18.4 Å². The maximum atomic E-state index is 5.54. The summed E-state index contributed by atoms with van der Waals surface area (Å²) in [6, 6.07) is 2.19. The zero-order valence-corrected chi connectivity index (χ0v) is 8.56. The molecule has 0 saturated carbocycles. The Morgan fingerprint density at radius 2 is 2.62 bits per heavy atom. The van der Waals surface area contributed by atoms with Crippen LogP contribution in [0, 0.1) is 0 Å². The molecule has 1 aromatic rings. The van der Waals surface area contributed by atoms with Gasteiger partial charge in [0.1, 0.15) is 19.2 Å². The fourth-order valence-corrected chi connectivity index (χ4v) is 2.36. The van der Waals surface area contributed by atoms with Crippen molar-refractivity contribution in [1.29, 1.82) is 0 Å². The number of rotatable bonds is 4. The van der Waals surface area contributed by atoms with Crippen LogP contribution in [-0.4, -0.2) is 19.3 Å². The van der Waals surface area contributed by atoms with Gasteiger partial charge >= 0.3 is 0 Å². The van der Waals surface area contributed by atoms with Crippen LogP contribution < -0.4 is 5.32 Å². The Bertz CT molecular complexity index is 229. The van der Waals surface area contributed by atoms with E-state index in [1.54, 1.807) is 11.3 Å². The first-order chi connectivity index (χ1) is 6.45. The maximum absolute atomic E-state index is 5.54. The maximum Gasteiger partial charge on any atom is 0.106 e. The lowest BCUT2D eigenvalue weighted by Crippen LogP contribution is -2.84. The van der Waals surface area contributed by atoms with E-state index in [2.05, 4.69) is 22.1 Å². The van der Waals surface area contributed by atoms with Gasteiger partial charge < -0.3 is 10.1 Å². The number of hydrogen-bond acceptors (Lipinski definition) is 2. The van der Waals surface area contributed by atoms with Gasteiger partial charge in [0.2, 0.25) is 0 Å². The van der Waals surface area contributed by atoms with Gasteiger partial charge in [-0.15, -0.1) is 0 Å². The quantitative estimate of drug-likeness (QED) is 0.767. The Morgan fingerprint density at radius 1 is 1.62 bits per heavy atom. The van der Waals surface area contributed by atoms with Gasteiger partial charge in [-0.25, -0.2) is 0 Å². The average molecular weight is 198 g/mol. The highest BCUT2D eigenvalue weighted by molar-refractivity contribution is 7.07. The normalized spacial score (nSPS) is 22.3. The number of ether oxygens (including phenoxy) is 1. The predicted molar refractivity (Wildman–Crippen MR) is 53.8 cm³/mol. The molecule has 2 heterocycles. The monoisotopic (exact) mass is 198 g/mol. The molecule has 0 amide bonds. The van der Waals surface area contributed by atoms with Crippen LogP contribution in [0.25, 0.3) is 0 Å². The number of quaternary nitrogens is 1. The van der Waals surface area contributed by atoms with Crippen LogP contribution in [0.5, 0.6) is 0 Å². The molecule has 0 unspecified atom stereocenters. The third-order valence-electron chi connectivity index (χ3n) is 2.41. The Morgan fingerprint density at radius 3 is 3.31 bits per heavy atom. The summed E-state index contributed by atoms with van der Waals surface area (Å²) in [5, 5.41) is 6.69. The zero-order valence-electron chi connectivity index (χ0n) is 7.74. The minimum Gasteiger partial charge on any atom is -0.372 e. The van der Waals surface area contributed by atoms with Crippen LogP contribution in [0.15, 0.2) is 16.8 Å². The van der Waals surface area contributed by atoms with Gasteiger partial charge in [0.05, 0.1) is 0 Å². The van der Waals surface area contributed by atoms with Gasteiger partial charge in [-0.05, 0) is 29.7 Å². The summed E-state index contributed by atoms with van der Waals surface area (Å²) < 4.78 is 5.54. The highest BCUT2D eigenvalue weighted by atomic mass is 32.1. The van der Waals surface area contributed by atoms with Crippen LogP contribution in [0.4, 0.5) is 0 Å². The van der Waals surface area contributed by atoms with Crippen molar-refractivity contribution in [3.05, 3.63) is 22.4 Å². The topological polar surface area (TPSA) is 25.8 Å². The van der Waals surface area contributed by atoms with Gasteiger partial charge in [-0.3, -0.25) is 0 Å². The van der Waals surface area contributed by atoms with Crippen LogP contribution in [0.1, 0.15) is 18.4 Å². The molecule has 1 aliphatic heterocycles. The highest BCUT2D eigenvalue weighted by Crippen LogP contribution is 2.09. The van der Waals surface area contributed by atoms with Crippen molar-refractivity contribution < 1.29 is 10.1 Å². The average Bonchev–Trinajstić information content (AvgIpc) is 2.75. The highest BCUT2D eigenvalue weighted by Gasteiger charge is 2.16. The standard InChI is InChI=1S/C10H15NOS/c1-2-10(12-4-1)7-11-6-9-3-5-13-8-9/h3,5,8,10-11H,1-2,4,6-7H2/p+1/t10-/m0/s1. The summed E-state index contributed by atoms with van der Waals surface area (Å²) in [7, 11) is 0. The second-order valence-corrected chi connectivity index (χ2v) is 4.28. The largest absolute Gasteiger partial charge is 0.372 e. The molecule has 2 nitrogen and oxygen atoms in total. The van der Waals surface area contributed by atoms with E-state index in [1.807, 2.05) is 0 Å². The van der Waals surface area contributed by atoms with Crippen LogP contribution in [-0.2, 0) is 11.3 Å². The van der Waals surface area contributed by atoms with Crippen LogP contribution >= 0.6 is 11.3 Å². The Balaban J connectivity index is 1.63. The lowest BCUT2D eigenvalue weighted by Gasteiger charge is -2.06. The van der Waals surface area contributed by atoms with Crippen molar-refractivity contribution in [2.45, 2.75) is 25.5 Å². The molecule has 13 heavy (non-hydrogen) atoms. The van der Waals surface area contributed by atoms with Crippen molar-refractivity contribution >= 4 is 11.3 Å². The molecule has 1 aromatic heterocycles. The molecule has 1 aliphatic rings. The predicted octanol–water partition coefficient (Wildman–Crippen LogP) is 0.991. The number of hydrogen-bond donors (Lipinski definition) is 1. The molecule has 0 bridgehead atoms. The van der Waals surface area contributed by atoms with Gasteiger partial charge in [-0.2, -0.15) is 11.3 Å². The summed E-state index contributed by atoms with van der Waals surface area (Å²) in [6.45, 7) is 3.19. The molecule has 1 saturated heterocycles. The van der Waals surface area contributed by atoms with Crippen LogP contribution in [0.3, 0.4) is 0 Å². The third kappa shape index (κ3) is 2.79. The van der Waals surface area contributed by atoms with Crippen molar-refractivity contribution in [2.75, 3.05) is 13.2 Å². The molecule has 1 fully saturated rings. The summed E-state index contributed by atoms with van der Waals surface area (Å²) in [6.07, 6.45) is 3.01. The second-order valence-electron chi connectivity index (χ2n) is 3.50. The van der Waals surface area contributed by atoms with Gasteiger partial charge in [0, 0.05) is 12.2 Å². The molecule has 72 valence electrons. The molecule has 0 aliphatic carbocycles. The van der Waals surface area contributed by atoms with E-state index < -0.39 is 0 Å². The van der Waals surface area contributed by atoms with Gasteiger partial charge in [-0.1, -0.05) is 0 Å². The first kappa shape index (κ1) is 9.19. The summed E-state index contributed by atoms with van der Waals surface area (Å²) in [5.41, 5.74) is 1.43. The SMILES string of the molecule is c1cc(C[NH2+]C[C@@H]2CCCO2)cs1. The number of nitrogens with two attached hydrogens (primary N) is 1. The summed E-state index contributed by atoms with van der Waals surface area (Å²) >= 11 is 1.77. The fraction of sp³-hybridized carbons (Fsp3) is 0.600. The molecule has 0 aromatic carbocycles. The third-order valence-corrected chi connectivity index (χ3v) is 3.15. The minimum atomic E-state index is 0.513. The van der Waals surface area contributed by atoms with Gasteiger partial charge in [0.15, 0.2) is 0 Å². The first-order valence-corrected chi connectivity index (χ1v) is 5.84. The smallest absolute Gasteiger partial charge is 0.106 e. The van der Waals surface area contributed by atoms with E-state index in [0.29, 0.717) is 6.10 Å². The Kier molecular flexibility index (Phi) is 3.35. The summed E-state index contributed by atoms with van der Waals surface area (Å²) in [4.78, 5) is 0. The molecular weight excluding hydrogens is 182 g/mol. The molecule has 3 heteroatoms. The van der Waals surface area contributed by atoms with Crippen molar-refractivity contribution in [3.63, 3.8) is 0 Å². The van der Waals surface area contributed by atoms with Crippen molar-refractivity contribution in [1.82, 2.24) is 0 Å². The Hall–Kier alpha value is -0.380. The summed E-state index contributed by atoms with van der Waals surface area (Å²) in [5.74, 6) is 0. The molecule has 1 atom stereocenters. The minimum absolute atomic E-state index is 0.513. The van der Waals surface area contributed by atoms with Gasteiger partial charge in [0.25, 0.3) is 0 Å². The molecular formula is C10H16NOS+. The fourth-order valence-electron chi connectivity index (χ4n) is 1.67. The van der Waals surface area contributed by atoms with E-state index in [-0.39, 0.29) is 0 Å². The lowest BCUT2D eigenvalue weighted by molar-refractivity contribution is -0.676.